The number of rotatable bonds is 2. The summed E-state index contributed by atoms with van der Waals surface area (Å²) in [5.74, 6) is 0.651. The molecule has 1 aliphatic carbocycles. The van der Waals surface area contributed by atoms with Crippen molar-refractivity contribution in [1.29, 1.82) is 0 Å². The topological polar surface area (TPSA) is 49.8 Å². The monoisotopic (exact) mass is 211 g/mol. The molecule has 2 aliphatic heterocycles. The van der Waals surface area contributed by atoms with E-state index in [0.29, 0.717) is 17.9 Å². The zero-order valence-corrected chi connectivity index (χ0v) is 8.76. The molecule has 0 radical (unpaired) electrons. The van der Waals surface area contributed by atoms with Crippen molar-refractivity contribution in [2.75, 3.05) is 26.3 Å². The summed E-state index contributed by atoms with van der Waals surface area (Å²) in [6.45, 7) is 3.63. The number of hydrogen-bond donors (Lipinski definition) is 1. The van der Waals surface area contributed by atoms with Crippen molar-refractivity contribution in [1.82, 2.24) is 4.90 Å². The number of carboxylic acids is 1. The number of piperidine rings is 1. The molecule has 4 nitrogen and oxygen atoms in total. The van der Waals surface area contributed by atoms with Crippen LogP contribution in [0, 0.1) is 17.8 Å². The Morgan fingerprint density at radius 1 is 1.33 bits per heavy atom. The highest BCUT2D eigenvalue weighted by atomic mass is 16.5. The molecule has 2 saturated heterocycles. The minimum absolute atomic E-state index is 0.138. The highest BCUT2D eigenvalue weighted by molar-refractivity contribution is 5.70. The molecule has 0 aromatic heterocycles. The number of hydrogen-bond acceptors (Lipinski definition) is 3. The smallest absolute Gasteiger partial charge is 0.307 e. The van der Waals surface area contributed by atoms with Crippen LogP contribution in [0.4, 0.5) is 0 Å². The summed E-state index contributed by atoms with van der Waals surface area (Å²) in [6.07, 6.45) is 1.89. The van der Waals surface area contributed by atoms with Crippen LogP contribution in [0.25, 0.3) is 0 Å². The molecular formula is C11H17NO3. The minimum Gasteiger partial charge on any atom is -0.481 e. The average Bonchev–Trinajstić information content (AvgIpc) is 2.73. The fourth-order valence-corrected chi connectivity index (χ4v) is 3.23. The van der Waals surface area contributed by atoms with Gasteiger partial charge in [0.15, 0.2) is 0 Å². The third-order valence-corrected chi connectivity index (χ3v) is 4.13. The van der Waals surface area contributed by atoms with Crippen LogP contribution >= 0.6 is 0 Å². The Morgan fingerprint density at radius 2 is 2.07 bits per heavy atom. The lowest BCUT2D eigenvalue weighted by Gasteiger charge is -2.31. The Bertz CT molecular complexity index is 271. The number of nitrogens with zero attached hydrogens (tertiary/aromatic N) is 1. The largest absolute Gasteiger partial charge is 0.481 e. The highest BCUT2D eigenvalue weighted by Crippen LogP contribution is 2.48. The molecule has 84 valence electrons. The van der Waals surface area contributed by atoms with E-state index in [9.17, 15) is 4.79 Å². The predicted molar refractivity (Wildman–Crippen MR) is 53.5 cm³/mol. The first-order valence-corrected chi connectivity index (χ1v) is 5.82. The van der Waals surface area contributed by atoms with Crippen LogP contribution in [0.5, 0.6) is 0 Å². The molecular weight excluding hydrogens is 194 g/mol. The lowest BCUT2D eigenvalue weighted by molar-refractivity contribution is -0.143. The molecule has 0 aromatic rings. The van der Waals surface area contributed by atoms with Gasteiger partial charge < -0.3 is 9.84 Å². The van der Waals surface area contributed by atoms with Crippen molar-refractivity contribution >= 4 is 5.97 Å². The fraction of sp³-hybridized carbons (Fsp3) is 0.909. The van der Waals surface area contributed by atoms with Gasteiger partial charge in [0.05, 0.1) is 19.1 Å². The van der Waals surface area contributed by atoms with Gasteiger partial charge in [0.25, 0.3) is 0 Å². The number of carbonyl (C=O) groups is 1. The van der Waals surface area contributed by atoms with Gasteiger partial charge in [0.1, 0.15) is 0 Å². The van der Waals surface area contributed by atoms with Crippen molar-refractivity contribution in [2.24, 2.45) is 17.8 Å². The van der Waals surface area contributed by atoms with Gasteiger partial charge >= 0.3 is 5.97 Å². The van der Waals surface area contributed by atoms with Gasteiger partial charge in [-0.1, -0.05) is 0 Å². The van der Waals surface area contributed by atoms with Gasteiger partial charge in [-0.3, -0.25) is 9.69 Å². The number of ether oxygens (including phenoxy) is 1. The van der Waals surface area contributed by atoms with E-state index in [-0.39, 0.29) is 5.92 Å². The first-order chi connectivity index (χ1) is 7.27. The van der Waals surface area contributed by atoms with E-state index in [2.05, 4.69) is 4.90 Å². The second-order valence-corrected chi connectivity index (χ2v) is 5.03. The van der Waals surface area contributed by atoms with Crippen LogP contribution in [0.15, 0.2) is 0 Å². The lowest BCUT2D eigenvalue weighted by atomic mass is 9.98. The van der Waals surface area contributed by atoms with Gasteiger partial charge in [-0.15, -0.1) is 0 Å². The molecule has 0 aromatic carbocycles. The molecule has 0 bridgehead atoms. The summed E-state index contributed by atoms with van der Waals surface area (Å²) < 4.78 is 5.36. The summed E-state index contributed by atoms with van der Waals surface area (Å²) in [6, 6.07) is 0.640. The van der Waals surface area contributed by atoms with Crippen LogP contribution in [0.2, 0.25) is 0 Å². The molecule has 1 saturated carbocycles. The van der Waals surface area contributed by atoms with Crippen molar-refractivity contribution in [3.05, 3.63) is 0 Å². The van der Waals surface area contributed by atoms with E-state index in [0.717, 1.165) is 39.1 Å². The molecule has 3 atom stereocenters. The van der Waals surface area contributed by atoms with Crippen LogP contribution in [-0.4, -0.2) is 48.3 Å². The molecule has 0 amide bonds. The Balaban J connectivity index is 1.60. The van der Waals surface area contributed by atoms with Crippen LogP contribution in [0.1, 0.15) is 12.8 Å². The van der Waals surface area contributed by atoms with Gasteiger partial charge in [0, 0.05) is 24.4 Å². The SMILES string of the molecule is O=C(O)C1CCCN(C2C3COCC32)C1. The van der Waals surface area contributed by atoms with Crippen molar-refractivity contribution in [3.63, 3.8) is 0 Å². The summed E-state index contributed by atoms with van der Waals surface area (Å²) in [4.78, 5) is 13.3. The Kier molecular flexibility index (Phi) is 2.21. The van der Waals surface area contributed by atoms with E-state index in [4.69, 9.17) is 9.84 Å². The molecule has 1 N–H and O–H groups in total. The van der Waals surface area contributed by atoms with Gasteiger partial charge in [0.2, 0.25) is 0 Å². The van der Waals surface area contributed by atoms with Crippen molar-refractivity contribution in [3.8, 4) is 0 Å². The Labute approximate surface area is 89.2 Å². The summed E-state index contributed by atoms with van der Waals surface area (Å²) in [7, 11) is 0. The third-order valence-electron chi connectivity index (χ3n) is 4.13. The maximum atomic E-state index is 10.9. The lowest BCUT2D eigenvalue weighted by Crippen LogP contribution is -2.41. The first kappa shape index (κ1) is 9.60. The zero-order valence-electron chi connectivity index (χ0n) is 8.76. The van der Waals surface area contributed by atoms with Gasteiger partial charge in [-0.25, -0.2) is 0 Å². The van der Waals surface area contributed by atoms with Crippen LogP contribution in [-0.2, 0) is 9.53 Å². The first-order valence-electron chi connectivity index (χ1n) is 5.82. The van der Waals surface area contributed by atoms with Crippen LogP contribution < -0.4 is 0 Å². The predicted octanol–water partition coefficient (Wildman–Crippen LogP) is 0.428. The van der Waals surface area contributed by atoms with Crippen LogP contribution in [0.3, 0.4) is 0 Å². The molecule has 15 heavy (non-hydrogen) atoms. The van der Waals surface area contributed by atoms with E-state index < -0.39 is 5.97 Å². The molecule has 4 heteroatoms. The van der Waals surface area contributed by atoms with Crippen molar-refractivity contribution in [2.45, 2.75) is 18.9 Å². The Hall–Kier alpha value is -0.610. The maximum Gasteiger partial charge on any atom is 0.307 e. The highest BCUT2D eigenvalue weighted by Gasteiger charge is 2.57. The standard InChI is InChI=1S/C11H17NO3/c13-11(14)7-2-1-3-12(4-7)10-8-5-15-6-9(8)10/h7-10H,1-6H2,(H,13,14). The zero-order chi connectivity index (χ0) is 10.4. The molecule has 3 rings (SSSR count). The molecule has 3 aliphatic rings. The Morgan fingerprint density at radius 3 is 2.73 bits per heavy atom. The van der Waals surface area contributed by atoms with E-state index in [1.165, 1.54) is 0 Å². The van der Waals surface area contributed by atoms with Crippen molar-refractivity contribution < 1.29 is 14.6 Å². The summed E-state index contributed by atoms with van der Waals surface area (Å²) in [5, 5.41) is 9.01. The number of carboxylic acid groups (broad SMARTS) is 1. The summed E-state index contributed by atoms with van der Waals surface area (Å²) in [5.41, 5.74) is 0. The van der Waals surface area contributed by atoms with E-state index in [1.54, 1.807) is 0 Å². The average molecular weight is 211 g/mol. The number of fused-ring (bicyclic) bond motifs is 1. The van der Waals surface area contributed by atoms with Gasteiger partial charge in [-0.05, 0) is 19.4 Å². The second kappa shape index (κ2) is 3.46. The number of likely N-dealkylation sites (tertiary alicyclic amines) is 1. The van der Waals surface area contributed by atoms with Gasteiger partial charge in [-0.2, -0.15) is 0 Å². The maximum absolute atomic E-state index is 10.9. The van der Waals surface area contributed by atoms with E-state index in [1.807, 2.05) is 0 Å². The van der Waals surface area contributed by atoms with E-state index >= 15 is 0 Å². The molecule has 0 spiro atoms. The third kappa shape index (κ3) is 1.56. The molecule has 2 heterocycles. The summed E-state index contributed by atoms with van der Waals surface area (Å²) >= 11 is 0. The minimum atomic E-state index is -0.623. The fourth-order valence-electron chi connectivity index (χ4n) is 3.23. The molecule has 3 fully saturated rings. The molecule has 3 unspecified atom stereocenters. The second-order valence-electron chi connectivity index (χ2n) is 5.03. The number of aliphatic carboxylic acids is 1. The quantitative estimate of drug-likeness (QED) is 0.719. The normalized spacial score (nSPS) is 45.1.